The average molecular weight is 279 g/mol. The van der Waals surface area contributed by atoms with Crippen molar-refractivity contribution in [1.29, 1.82) is 0 Å². The summed E-state index contributed by atoms with van der Waals surface area (Å²) >= 11 is 0. The first-order chi connectivity index (χ1) is 9.05. The topological polar surface area (TPSA) is 59.3 Å². The van der Waals surface area contributed by atoms with Crippen LogP contribution in [0.5, 0.6) is 0 Å². The van der Waals surface area contributed by atoms with Gasteiger partial charge in [-0.2, -0.15) is 0 Å². The SMILES string of the molecule is CC(Cc1ccoc1)NS(=O)(=O)Cc1ccccc1. The molecule has 102 valence electrons. The summed E-state index contributed by atoms with van der Waals surface area (Å²) in [5.74, 6) is 0.00354. The van der Waals surface area contributed by atoms with Gasteiger partial charge in [0.05, 0.1) is 18.3 Å². The Morgan fingerprint density at radius 1 is 1.16 bits per heavy atom. The minimum atomic E-state index is -3.32. The Bertz CT molecular complexity index is 591. The molecule has 1 aromatic carbocycles. The number of rotatable bonds is 6. The van der Waals surface area contributed by atoms with Crippen molar-refractivity contribution in [2.45, 2.75) is 25.1 Å². The van der Waals surface area contributed by atoms with Gasteiger partial charge in [0.1, 0.15) is 0 Å². The lowest BCUT2D eigenvalue weighted by Crippen LogP contribution is -2.34. The molecular formula is C14H17NO3S. The zero-order valence-electron chi connectivity index (χ0n) is 10.7. The fourth-order valence-electron chi connectivity index (χ4n) is 1.95. The van der Waals surface area contributed by atoms with Crippen LogP contribution in [0.25, 0.3) is 0 Å². The highest BCUT2D eigenvalue weighted by atomic mass is 32.2. The third-order valence-corrected chi connectivity index (χ3v) is 4.18. The Morgan fingerprint density at radius 2 is 1.89 bits per heavy atom. The summed E-state index contributed by atoms with van der Waals surface area (Å²) in [5.41, 5.74) is 1.76. The lowest BCUT2D eigenvalue weighted by atomic mass is 10.1. The van der Waals surface area contributed by atoms with Crippen LogP contribution in [0.4, 0.5) is 0 Å². The highest BCUT2D eigenvalue weighted by Crippen LogP contribution is 2.08. The summed E-state index contributed by atoms with van der Waals surface area (Å²) in [6, 6.07) is 10.8. The lowest BCUT2D eigenvalue weighted by molar-refractivity contribution is 0.548. The summed E-state index contributed by atoms with van der Waals surface area (Å²) in [6.07, 6.45) is 3.83. The van der Waals surface area contributed by atoms with Crippen molar-refractivity contribution < 1.29 is 12.8 Å². The fraction of sp³-hybridized carbons (Fsp3) is 0.286. The van der Waals surface area contributed by atoms with Crippen LogP contribution in [0.1, 0.15) is 18.1 Å². The van der Waals surface area contributed by atoms with E-state index in [-0.39, 0.29) is 11.8 Å². The van der Waals surface area contributed by atoms with Gasteiger partial charge in [0.2, 0.25) is 10.0 Å². The van der Waals surface area contributed by atoms with E-state index in [1.165, 1.54) is 0 Å². The summed E-state index contributed by atoms with van der Waals surface area (Å²) in [6.45, 7) is 1.84. The maximum atomic E-state index is 12.0. The quantitative estimate of drug-likeness (QED) is 0.883. The molecule has 0 amide bonds. The molecule has 5 heteroatoms. The van der Waals surface area contributed by atoms with E-state index in [4.69, 9.17) is 4.42 Å². The highest BCUT2D eigenvalue weighted by Gasteiger charge is 2.15. The number of furan rings is 1. The normalized spacial score (nSPS) is 13.3. The first-order valence-electron chi connectivity index (χ1n) is 6.10. The van der Waals surface area contributed by atoms with Crippen molar-refractivity contribution in [2.24, 2.45) is 0 Å². The van der Waals surface area contributed by atoms with Crippen molar-refractivity contribution >= 4 is 10.0 Å². The van der Waals surface area contributed by atoms with Gasteiger partial charge < -0.3 is 4.42 Å². The largest absolute Gasteiger partial charge is 0.472 e. The van der Waals surface area contributed by atoms with Gasteiger partial charge in [-0.25, -0.2) is 13.1 Å². The molecule has 0 spiro atoms. The van der Waals surface area contributed by atoms with Crippen molar-refractivity contribution in [3.05, 3.63) is 60.1 Å². The minimum absolute atomic E-state index is 0.00354. The smallest absolute Gasteiger partial charge is 0.216 e. The second-order valence-electron chi connectivity index (χ2n) is 4.60. The van der Waals surface area contributed by atoms with E-state index in [1.807, 2.05) is 31.2 Å². The molecule has 0 aliphatic carbocycles. The van der Waals surface area contributed by atoms with Crippen LogP contribution in [0.15, 0.2) is 53.3 Å². The molecule has 0 aliphatic heterocycles. The van der Waals surface area contributed by atoms with E-state index in [2.05, 4.69) is 4.72 Å². The second-order valence-corrected chi connectivity index (χ2v) is 6.35. The molecule has 1 unspecified atom stereocenters. The van der Waals surface area contributed by atoms with Crippen LogP contribution in [0.3, 0.4) is 0 Å². The minimum Gasteiger partial charge on any atom is -0.472 e. The maximum absolute atomic E-state index is 12.0. The van der Waals surface area contributed by atoms with Crippen LogP contribution < -0.4 is 4.72 Å². The summed E-state index contributed by atoms with van der Waals surface area (Å²) in [7, 11) is -3.32. The number of hydrogen-bond donors (Lipinski definition) is 1. The monoisotopic (exact) mass is 279 g/mol. The van der Waals surface area contributed by atoms with Crippen molar-refractivity contribution in [1.82, 2.24) is 4.72 Å². The Balaban J connectivity index is 1.93. The van der Waals surface area contributed by atoms with Gasteiger partial charge in [-0.1, -0.05) is 30.3 Å². The Labute approximate surface area is 113 Å². The molecule has 0 bridgehead atoms. The first kappa shape index (κ1) is 13.8. The van der Waals surface area contributed by atoms with E-state index in [9.17, 15) is 8.42 Å². The lowest BCUT2D eigenvalue weighted by Gasteiger charge is -2.13. The number of benzene rings is 1. The zero-order valence-corrected chi connectivity index (χ0v) is 11.6. The highest BCUT2D eigenvalue weighted by molar-refractivity contribution is 7.88. The van der Waals surface area contributed by atoms with Crippen LogP contribution in [-0.4, -0.2) is 14.5 Å². The molecule has 0 radical (unpaired) electrons. The Morgan fingerprint density at radius 3 is 2.53 bits per heavy atom. The standard InChI is InChI=1S/C14H17NO3S/c1-12(9-14-7-8-18-10-14)15-19(16,17)11-13-5-3-2-4-6-13/h2-8,10,12,15H,9,11H2,1H3. The van der Waals surface area contributed by atoms with Gasteiger partial charge in [0, 0.05) is 6.04 Å². The van der Waals surface area contributed by atoms with Gasteiger partial charge >= 0.3 is 0 Å². The molecule has 0 aliphatic rings. The molecule has 2 rings (SSSR count). The fourth-order valence-corrected chi connectivity index (χ4v) is 3.36. The predicted molar refractivity (Wildman–Crippen MR) is 74.1 cm³/mol. The number of sulfonamides is 1. The molecule has 1 aromatic heterocycles. The van der Waals surface area contributed by atoms with E-state index in [0.717, 1.165) is 11.1 Å². The predicted octanol–water partition coefficient (Wildman–Crippen LogP) is 2.33. The molecule has 0 saturated carbocycles. The van der Waals surface area contributed by atoms with Crippen LogP contribution in [0.2, 0.25) is 0 Å². The average Bonchev–Trinajstić information content (AvgIpc) is 2.81. The third kappa shape index (κ3) is 4.54. The van der Waals surface area contributed by atoms with Gasteiger partial charge in [-0.3, -0.25) is 0 Å². The third-order valence-electron chi connectivity index (χ3n) is 2.70. The number of hydrogen-bond acceptors (Lipinski definition) is 3. The second kappa shape index (κ2) is 6.04. The van der Waals surface area contributed by atoms with Crippen LogP contribution >= 0.6 is 0 Å². The van der Waals surface area contributed by atoms with Gasteiger partial charge in [-0.05, 0) is 30.5 Å². The van der Waals surface area contributed by atoms with E-state index in [0.29, 0.717) is 6.42 Å². The molecule has 19 heavy (non-hydrogen) atoms. The first-order valence-corrected chi connectivity index (χ1v) is 7.75. The van der Waals surface area contributed by atoms with Crippen LogP contribution in [0, 0.1) is 0 Å². The van der Waals surface area contributed by atoms with E-state index in [1.54, 1.807) is 24.7 Å². The Hall–Kier alpha value is -1.59. The molecule has 2 aromatic rings. The summed E-state index contributed by atoms with van der Waals surface area (Å²) < 4.78 is 31.6. The van der Waals surface area contributed by atoms with Crippen molar-refractivity contribution in [3.8, 4) is 0 Å². The molecule has 0 saturated heterocycles. The van der Waals surface area contributed by atoms with Gasteiger partial charge in [0.15, 0.2) is 0 Å². The molecule has 1 N–H and O–H groups in total. The van der Waals surface area contributed by atoms with Gasteiger partial charge in [-0.15, -0.1) is 0 Å². The Kier molecular flexibility index (Phi) is 4.39. The van der Waals surface area contributed by atoms with Crippen LogP contribution in [-0.2, 0) is 22.2 Å². The van der Waals surface area contributed by atoms with Crippen molar-refractivity contribution in [2.75, 3.05) is 0 Å². The maximum Gasteiger partial charge on any atom is 0.216 e. The summed E-state index contributed by atoms with van der Waals surface area (Å²) in [4.78, 5) is 0. The van der Waals surface area contributed by atoms with E-state index < -0.39 is 10.0 Å². The molecular weight excluding hydrogens is 262 g/mol. The molecule has 1 heterocycles. The van der Waals surface area contributed by atoms with Gasteiger partial charge in [0.25, 0.3) is 0 Å². The molecule has 1 atom stereocenters. The molecule has 0 fully saturated rings. The zero-order chi connectivity index (χ0) is 13.7. The number of nitrogens with one attached hydrogen (secondary N) is 1. The van der Waals surface area contributed by atoms with Crippen molar-refractivity contribution in [3.63, 3.8) is 0 Å². The summed E-state index contributed by atoms with van der Waals surface area (Å²) in [5, 5.41) is 0. The van der Waals surface area contributed by atoms with E-state index >= 15 is 0 Å². The molecule has 4 nitrogen and oxygen atoms in total.